The number of esters is 1. The number of fused-ring (bicyclic) bond motifs is 2. The molecule has 2 heterocycles. The number of unbranched alkanes of at least 4 members (excludes halogenated alkanes) is 1. The van der Waals surface area contributed by atoms with Crippen LogP contribution in [-0.4, -0.2) is 43.0 Å². The van der Waals surface area contributed by atoms with Crippen molar-refractivity contribution in [2.24, 2.45) is 5.41 Å². The molecular weight excluding hydrogens is 330 g/mol. The third-order valence-electron chi connectivity index (χ3n) is 6.10. The van der Waals surface area contributed by atoms with Crippen LogP contribution in [0.4, 0.5) is 0 Å². The number of hydrogen-bond acceptors (Lipinski definition) is 5. The molecule has 0 N–H and O–H groups in total. The van der Waals surface area contributed by atoms with Gasteiger partial charge in [0.25, 0.3) is 0 Å². The largest absolute Gasteiger partial charge is 0.497 e. The summed E-state index contributed by atoms with van der Waals surface area (Å²) in [5, 5.41) is 0. The van der Waals surface area contributed by atoms with Crippen LogP contribution in [-0.2, 0) is 20.9 Å². The van der Waals surface area contributed by atoms with E-state index in [0.717, 1.165) is 43.5 Å². The van der Waals surface area contributed by atoms with E-state index in [-0.39, 0.29) is 23.8 Å². The van der Waals surface area contributed by atoms with Crippen molar-refractivity contribution in [1.82, 2.24) is 4.90 Å². The number of benzene rings is 1. The first kappa shape index (κ1) is 18.9. The lowest BCUT2D eigenvalue weighted by molar-refractivity contribution is -0.167. The van der Waals surface area contributed by atoms with Crippen molar-refractivity contribution < 1.29 is 19.1 Å². The number of carbonyl (C=O) groups is 2. The van der Waals surface area contributed by atoms with Gasteiger partial charge in [0.15, 0.2) is 5.78 Å². The van der Waals surface area contributed by atoms with Crippen molar-refractivity contribution >= 4 is 11.8 Å². The van der Waals surface area contributed by atoms with E-state index in [4.69, 9.17) is 9.47 Å². The van der Waals surface area contributed by atoms with E-state index in [1.807, 2.05) is 18.2 Å². The molecule has 0 spiro atoms. The van der Waals surface area contributed by atoms with Gasteiger partial charge in [-0.2, -0.15) is 0 Å². The molecule has 2 fully saturated rings. The van der Waals surface area contributed by atoms with Gasteiger partial charge in [-0.1, -0.05) is 31.9 Å². The monoisotopic (exact) mass is 359 g/mol. The number of ketones is 1. The first-order valence-electron chi connectivity index (χ1n) is 9.57. The van der Waals surface area contributed by atoms with Crippen molar-refractivity contribution in [2.75, 3.05) is 14.2 Å². The molecule has 0 aliphatic carbocycles. The van der Waals surface area contributed by atoms with Crippen molar-refractivity contribution in [3.05, 3.63) is 29.8 Å². The SMILES string of the molecule is CCCC[C@]1(C(=O)OC)C(=O)C[C@H]2CC[C@H]1N2Cc1cccc(OC)c1. The molecule has 2 bridgehead atoms. The summed E-state index contributed by atoms with van der Waals surface area (Å²) in [5.41, 5.74) is 0.140. The van der Waals surface area contributed by atoms with E-state index in [1.54, 1.807) is 7.11 Å². The fraction of sp³-hybridized carbons (Fsp3) is 0.619. The molecular formula is C21H29NO4. The van der Waals surface area contributed by atoms with E-state index in [9.17, 15) is 9.59 Å². The van der Waals surface area contributed by atoms with Crippen molar-refractivity contribution in [2.45, 2.75) is 64.1 Å². The van der Waals surface area contributed by atoms with Crippen LogP contribution in [0.2, 0.25) is 0 Å². The minimum absolute atomic E-state index is 0.0704. The smallest absolute Gasteiger partial charge is 0.320 e. The summed E-state index contributed by atoms with van der Waals surface area (Å²) in [5.74, 6) is 0.553. The van der Waals surface area contributed by atoms with E-state index in [2.05, 4.69) is 17.9 Å². The van der Waals surface area contributed by atoms with Gasteiger partial charge in [0.2, 0.25) is 0 Å². The summed E-state index contributed by atoms with van der Waals surface area (Å²) in [6.07, 6.45) is 4.68. The summed E-state index contributed by atoms with van der Waals surface area (Å²) in [6, 6.07) is 8.16. The van der Waals surface area contributed by atoms with Crippen LogP contribution in [0.15, 0.2) is 24.3 Å². The maximum Gasteiger partial charge on any atom is 0.320 e. The second-order valence-corrected chi connectivity index (χ2v) is 7.46. The maximum atomic E-state index is 13.0. The zero-order chi connectivity index (χ0) is 18.7. The first-order chi connectivity index (χ1) is 12.6. The number of ether oxygens (including phenoxy) is 2. The highest BCUT2D eigenvalue weighted by Crippen LogP contribution is 2.48. The number of methoxy groups -OCH3 is 2. The van der Waals surface area contributed by atoms with Gasteiger partial charge in [0.05, 0.1) is 14.2 Å². The fourth-order valence-electron chi connectivity index (χ4n) is 4.78. The van der Waals surface area contributed by atoms with Crippen LogP contribution in [0.1, 0.15) is 51.0 Å². The normalized spacial score (nSPS) is 28.2. The van der Waals surface area contributed by atoms with E-state index in [0.29, 0.717) is 12.8 Å². The van der Waals surface area contributed by atoms with Crippen molar-refractivity contribution in [3.8, 4) is 5.75 Å². The van der Waals surface area contributed by atoms with E-state index < -0.39 is 5.41 Å². The molecule has 2 saturated heterocycles. The molecule has 26 heavy (non-hydrogen) atoms. The van der Waals surface area contributed by atoms with Gasteiger partial charge >= 0.3 is 5.97 Å². The van der Waals surface area contributed by atoms with Crippen LogP contribution in [0, 0.1) is 5.41 Å². The summed E-state index contributed by atoms with van der Waals surface area (Å²) in [6.45, 7) is 2.81. The number of nitrogens with zero attached hydrogens (tertiary/aromatic N) is 1. The summed E-state index contributed by atoms with van der Waals surface area (Å²) >= 11 is 0. The molecule has 142 valence electrons. The lowest BCUT2D eigenvalue weighted by Gasteiger charge is -2.45. The summed E-state index contributed by atoms with van der Waals surface area (Å²) in [4.78, 5) is 28.2. The van der Waals surface area contributed by atoms with Crippen molar-refractivity contribution in [1.29, 1.82) is 0 Å². The maximum absolute atomic E-state index is 13.0. The highest BCUT2D eigenvalue weighted by atomic mass is 16.5. The molecule has 0 aromatic heterocycles. The fourth-order valence-corrected chi connectivity index (χ4v) is 4.78. The van der Waals surface area contributed by atoms with Gasteiger partial charge in [-0.3, -0.25) is 14.5 Å². The van der Waals surface area contributed by atoms with Crippen LogP contribution in [0.5, 0.6) is 5.75 Å². The van der Waals surface area contributed by atoms with Crippen LogP contribution >= 0.6 is 0 Å². The minimum Gasteiger partial charge on any atom is -0.497 e. The number of rotatable bonds is 7. The Kier molecular flexibility index (Phi) is 5.66. The zero-order valence-electron chi connectivity index (χ0n) is 16.0. The van der Waals surface area contributed by atoms with Gasteiger partial charge in [-0.05, 0) is 37.0 Å². The number of carbonyl (C=O) groups excluding carboxylic acids is 2. The summed E-state index contributed by atoms with van der Waals surface area (Å²) in [7, 11) is 3.06. The Morgan fingerprint density at radius 3 is 2.81 bits per heavy atom. The molecule has 1 aromatic rings. The molecule has 2 aliphatic rings. The van der Waals surface area contributed by atoms with E-state index in [1.165, 1.54) is 7.11 Å². The molecule has 3 rings (SSSR count). The molecule has 0 saturated carbocycles. The van der Waals surface area contributed by atoms with Crippen LogP contribution < -0.4 is 4.74 Å². The van der Waals surface area contributed by atoms with Crippen LogP contribution in [0.3, 0.4) is 0 Å². The quantitative estimate of drug-likeness (QED) is 0.552. The number of Topliss-reactive ketones (excluding diaryl/α,β-unsaturated/α-hetero) is 1. The predicted octanol–water partition coefficient (Wildman–Crippen LogP) is 3.35. The van der Waals surface area contributed by atoms with Gasteiger partial charge < -0.3 is 9.47 Å². The van der Waals surface area contributed by atoms with Gasteiger partial charge in [0, 0.05) is 25.0 Å². The van der Waals surface area contributed by atoms with Crippen molar-refractivity contribution in [3.63, 3.8) is 0 Å². The number of piperidine rings is 1. The lowest BCUT2D eigenvalue weighted by Crippen LogP contribution is -2.60. The molecule has 5 nitrogen and oxygen atoms in total. The second kappa shape index (κ2) is 7.78. The molecule has 3 atom stereocenters. The Labute approximate surface area is 155 Å². The average molecular weight is 359 g/mol. The highest BCUT2D eigenvalue weighted by Gasteiger charge is 2.60. The highest BCUT2D eigenvalue weighted by molar-refractivity contribution is 6.05. The van der Waals surface area contributed by atoms with Gasteiger partial charge in [0.1, 0.15) is 11.2 Å². The number of hydrogen-bond donors (Lipinski definition) is 0. The lowest BCUT2D eigenvalue weighted by atomic mass is 9.69. The molecule has 0 amide bonds. The Hall–Kier alpha value is -1.88. The third kappa shape index (κ3) is 3.13. The Bertz CT molecular complexity index is 674. The molecule has 0 radical (unpaired) electrons. The van der Waals surface area contributed by atoms with Crippen LogP contribution in [0.25, 0.3) is 0 Å². The molecule has 2 aliphatic heterocycles. The Morgan fingerprint density at radius 1 is 1.31 bits per heavy atom. The minimum atomic E-state index is -1.00. The summed E-state index contributed by atoms with van der Waals surface area (Å²) < 4.78 is 10.5. The zero-order valence-corrected chi connectivity index (χ0v) is 16.0. The van der Waals surface area contributed by atoms with Gasteiger partial charge in [-0.15, -0.1) is 0 Å². The standard InChI is InChI=1S/C21H29NO4/c1-4-5-11-21(20(24)26-3)18-10-9-16(13-19(21)23)22(18)14-15-7-6-8-17(12-15)25-2/h6-8,12,16,18H,4-5,9-11,13-14H2,1-3H3/t16-,18-,21-/m1/s1. The molecule has 0 unspecified atom stereocenters. The average Bonchev–Trinajstić information content (AvgIpc) is 2.97. The molecule has 5 heteroatoms. The molecule has 1 aromatic carbocycles. The third-order valence-corrected chi connectivity index (χ3v) is 6.10. The first-order valence-corrected chi connectivity index (χ1v) is 9.57. The Morgan fingerprint density at radius 2 is 2.12 bits per heavy atom. The van der Waals surface area contributed by atoms with E-state index >= 15 is 0 Å². The van der Waals surface area contributed by atoms with Gasteiger partial charge in [-0.25, -0.2) is 0 Å². The Balaban J connectivity index is 1.92. The second-order valence-electron chi connectivity index (χ2n) is 7.46. The predicted molar refractivity (Wildman–Crippen MR) is 98.9 cm³/mol. The topological polar surface area (TPSA) is 55.8 Å².